The number of carboxylic acids is 1. The molecular weight excluding hydrogens is 520 g/mol. The Kier molecular flexibility index (Phi) is 12.1. The van der Waals surface area contributed by atoms with Gasteiger partial charge in [0.25, 0.3) is 0 Å². The molecule has 4 amide bonds. The predicted molar refractivity (Wildman–Crippen MR) is 149 cm³/mol. The molecule has 226 valence electrons. The van der Waals surface area contributed by atoms with Gasteiger partial charge in [0.05, 0.1) is 6.04 Å². The van der Waals surface area contributed by atoms with Crippen LogP contribution in [0.4, 0.5) is 0 Å². The molecule has 2 aliphatic heterocycles. The number of aliphatic carboxylic acids is 1. The highest BCUT2D eigenvalue weighted by Crippen LogP contribution is 2.26. The van der Waals surface area contributed by atoms with Crippen LogP contribution < -0.4 is 27.8 Å². The number of nitrogens with one attached hydrogen (secondary N) is 2. The highest BCUT2D eigenvalue weighted by molar-refractivity contribution is 5.96. The molecule has 0 aromatic heterocycles. The van der Waals surface area contributed by atoms with E-state index in [2.05, 4.69) is 15.6 Å². The molecule has 2 saturated heterocycles. The van der Waals surface area contributed by atoms with Crippen LogP contribution in [0.2, 0.25) is 0 Å². The number of nitrogens with two attached hydrogens (primary N) is 3. The van der Waals surface area contributed by atoms with Gasteiger partial charge in [0.15, 0.2) is 5.96 Å². The molecule has 5 unspecified atom stereocenters. The molecular formula is C26H46N8O6. The number of rotatable bonds is 13. The average molecular weight is 567 g/mol. The largest absolute Gasteiger partial charge is 0.480 e. The van der Waals surface area contributed by atoms with Gasteiger partial charge in [0.2, 0.25) is 23.6 Å². The monoisotopic (exact) mass is 566 g/mol. The number of likely N-dealkylation sites (tertiary alicyclic amines) is 2. The molecule has 2 aliphatic rings. The van der Waals surface area contributed by atoms with Crippen LogP contribution in [0.5, 0.6) is 0 Å². The molecule has 5 atom stereocenters. The molecule has 14 nitrogen and oxygen atoms in total. The van der Waals surface area contributed by atoms with Crippen molar-refractivity contribution in [2.75, 3.05) is 19.6 Å². The van der Waals surface area contributed by atoms with Gasteiger partial charge >= 0.3 is 5.97 Å². The fraction of sp³-hybridized carbons (Fsp3) is 0.769. The molecule has 2 fully saturated rings. The van der Waals surface area contributed by atoms with E-state index in [-0.39, 0.29) is 30.8 Å². The lowest BCUT2D eigenvalue weighted by molar-refractivity contribution is -0.152. The minimum atomic E-state index is -1.06. The van der Waals surface area contributed by atoms with Crippen LogP contribution in [-0.4, -0.2) is 100 Å². The van der Waals surface area contributed by atoms with Crippen molar-refractivity contribution in [3.63, 3.8) is 0 Å². The molecule has 0 bridgehead atoms. The van der Waals surface area contributed by atoms with Crippen molar-refractivity contribution in [2.45, 2.75) is 96.4 Å². The number of hydrogen-bond acceptors (Lipinski definition) is 7. The molecule has 2 rings (SSSR count). The van der Waals surface area contributed by atoms with Gasteiger partial charge in [-0.15, -0.1) is 0 Å². The van der Waals surface area contributed by atoms with E-state index in [1.165, 1.54) is 9.80 Å². The second-order valence-electron chi connectivity index (χ2n) is 11.2. The summed E-state index contributed by atoms with van der Waals surface area (Å²) in [6, 6.07) is -4.48. The molecule has 0 aromatic rings. The molecule has 0 spiro atoms. The molecule has 0 aromatic carbocycles. The number of carbonyl (C=O) groups is 5. The fourth-order valence-electron chi connectivity index (χ4n) is 5.08. The molecule has 0 radical (unpaired) electrons. The van der Waals surface area contributed by atoms with E-state index in [1.807, 2.05) is 0 Å². The Hall–Kier alpha value is -3.42. The van der Waals surface area contributed by atoms with E-state index in [9.17, 15) is 29.1 Å². The van der Waals surface area contributed by atoms with Crippen LogP contribution in [0.1, 0.15) is 66.2 Å². The zero-order valence-electron chi connectivity index (χ0n) is 24.0. The van der Waals surface area contributed by atoms with Crippen LogP contribution in [-0.2, 0) is 24.0 Å². The molecule has 0 aliphatic carbocycles. The minimum Gasteiger partial charge on any atom is -0.480 e. The highest BCUT2D eigenvalue weighted by Gasteiger charge is 2.43. The third-order valence-electron chi connectivity index (χ3n) is 7.47. The lowest BCUT2D eigenvalue weighted by Crippen LogP contribution is -2.59. The van der Waals surface area contributed by atoms with Crippen molar-refractivity contribution in [3.05, 3.63) is 0 Å². The first-order chi connectivity index (χ1) is 18.8. The third-order valence-corrected chi connectivity index (χ3v) is 7.47. The van der Waals surface area contributed by atoms with Crippen LogP contribution in [0.25, 0.3) is 0 Å². The van der Waals surface area contributed by atoms with E-state index in [0.717, 1.165) is 0 Å². The lowest BCUT2D eigenvalue weighted by atomic mass is 9.99. The van der Waals surface area contributed by atoms with Gasteiger partial charge in [-0.05, 0) is 50.4 Å². The number of aliphatic imine (C=N–C) groups is 1. The molecule has 14 heteroatoms. The second-order valence-corrected chi connectivity index (χ2v) is 11.2. The Labute approximate surface area is 235 Å². The first-order valence-corrected chi connectivity index (χ1v) is 14.0. The summed E-state index contributed by atoms with van der Waals surface area (Å²) in [6.07, 6.45) is 2.47. The summed E-state index contributed by atoms with van der Waals surface area (Å²) in [5.74, 6) is -3.46. The Morgan fingerprint density at radius 2 is 1.50 bits per heavy atom. The number of guanidine groups is 1. The van der Waals surface area contributed by atoms with Crippen molar-refractivity contribution in [1.29, 1.82) is 0 Å². The Morgan fingerprint density at radius 3 is 2.05 bits per heavy atom. The Morgan fingerprint density at radius 1 is 0.900 bits per heavy atom. The summed E-state index contributed by atoms with van der Waals surface area (Å²) >= 11 is 0. The zero-order chi connectivity index (χ0) is 30.1. The maximum Gasteiger partial charge on any atom is 0.326 e. The summed E-state index contributed by atoms with van der Waals surface area (Å²) in [5.41, 5.74) is 16.8. The van der Waals surface area contributed by atoms with Crippen molar-refractivity contribution >= 4 is 35.6 Å². The predicted octanol–water partition coefficient (Wildman–Crippen LogP) is -1.28. The summed E-state index contributed by atoms with van der Waals surface area (Å²) in [6.45, 7) is 7.99. The third kappa shape index (κ3) is 8.54. The molecule has 2 heterocycles. The zero-order valence-corrected chi connectivity index (χ0v) is 24.0. The Bertz CT molecular complexity index is 967. The van der Waals surface area contributed by atoms with Gasteiger partial charge in [0.1, 0.15) is 24.2 Å². The highest BCUT2D eigenvalue weighted by atomic mass is 16.4. The maximum atomic E-state index is 13.8. The van der Waals surface area contributed by atoms with Gasteiger partial charge in [-0.2, -0.15) is 0 Å². The minimum absolute atomic E-state index is 0.0974. The quantitative estimate of drug-likeness (QED) is 0.0884. The van der Waals surface area contributed by atoms with Gasteiger partial charge in [0, 0.05) is 19.6 Å². The number of carboxylic acid groups (broad SMARTS) is 1. The van der Waals surface area contributed by atoms with Gasteiger partial charge in [-0.25, -0.2) is 4.79 Å². The van der Waals surface area contributed by atoms with Gasteiger partial charge in [-0.3, -0.25) is 24.2 Å². The molecule has 0 saturated carbocycles. The van der Waals surface area contributed by atoms with E-state index in [0.29, 0.717) is 45.2 Å². The lowest BCUT2D eigenvalue weighted by Gasteiger charge is -2.33. The number of nitrogens with zero attached hydrogens (tertiary/aromatic N) is 3. The second kappa shape index (κ2) is 14.8. The van der Waals surface area contributed by atoms with Crippen LogP contribution in [0.15, 0.2) is 4.99 Å². The number of hydrogen-bond donors (Lipinski definition) is 6. The Balaban J connectivity index is 2.24. The smallest absolute Gasteiger partial charge is 0.326 e. The van der Waals surface area contributed by atoms with Crippen LogP contribution >= 0.6 is 0 Å². The van der Waals surface area contributed by atoms with Crippen molar-refractivity contribution in [3.8, 4) is 0 Å². The molecule has 9 N–H and O–H groups in total. The van der Waals surface area contributed by atoms with Crippen molar-refractivity contribution < 1.29 is 29.1 Å². The standard InChI is InChI=1S/C26H46N8O6/c1-14(2)19(27)21(35)32-20(15(3)4)22(36)31-16(8-5-11-30-26(28)29)23(37)33-12-6-9-17(33)24(38)34-13-7-10-18(34)25(39)40/h14-20H,5-13,27H2,1-4H3,(H,31,36)(H,32,35)(H,39,40)(H4,28,29,30). The van der Waals surface area contributed by atoms with Crippen LogP contribution in [0.3, 0.4) is 0 Å². The summed E-state index contributed by atoms with van der Waals surface area (Å²) in [5, 5.41) is 15.0. The SMILES string of the molecule is CC(C)C(N)C(=O)NC(C(=O)NC(CCCN=C(N)N)C(=O)N1CCCC1C(=O)N1CCCC1C(=O)O)C(C)C. The first-order valence-electron chi connectivity index (χ1n) is 14.0. The van der Waals surface area contributed by atoms with Gasteiger partial charge in [-0.1, -0.05) is 27.7 Å². The summed E-state index contributed by atoms with van der Waals surface area (Å²) < 4.78 is 0. The van der Waals surface area contributed by atoms with Gasteiger partial charge < -0.3 is 42.7 Å². The van der Waals surface area contributed by atoms with Crippen LogP contribution in [0, 0.1) is 11.8 Å². The summed E-state index contributed by atoms with van der Waals surface area (Å²) in [4.78, 5) is 71.5. The maximum absolute atomic E-state index is 13.8. The normalized spacial score (nSPS) is 21.2. The molecule has 40 heavy (non-hydrogen) atoms. The van der Waals surface area contributed by atoms with Crippen molar-refractivity contribution in [2.24, 2.45) is 34.0 Å². The number of amides is 4. The van der Waals surface area contributed by atoms with Crippen molar-refractivity contribution in [1.82, 2.24) is 20.4 Å². The van der Waals surface area contributed by atoms with E-state index in [1.54, 1.807) is 27.7 Å². The average Bonchev–Trinajstić information content (AvgIpc) is 3.57. The fourth-order valence-corrected chi connectivity index (χ4v) is 5.08. The number of carbonyl (C=O) groups excluding carboxylic acids is 4. The van der Waals surface area contributed by atoms with E-state index in [4.69, 9.17) is 17.2 Å². The van der Waals surface area contributed by atoms with E-state index < -0.39 is 59.8 Å². The summed E-state index contributed by atoms with van der Waals surface area (Å²) in [7, 11) is 0. The van der Waals surface area contributed by atoms with E-state index >= 15 is 0 Å². The topological polar surface area (TPSA) is 227 Å². The first kappa shape index (κ1) is 32.8.